The van der Waals surface area contributed by atoms with Crippen LogP contribution in [0.2, 0.25) is 0 Å². The summed E-state index contributed by atoms with van der Waals surface area (Å²) in [4.78, 5) is 0. The number of hydrogen-bond acceptors (Lipinski definition) is 0. The minimum atomic E-state index is 0. The van der Waals surface area contributed by atoms with Gasteiger partial charge in [0.25, 0.3) is 0 Å². The Morgan fingerprint density at radius 3 is 2.00 bits per heavy atom. The molecule has 2 atom stereocenters. The van der Waals surface area contributed by atoms with E-state index in [0.29, 0.717) is 5.41 Å². The molecule has 1 fully saturated rings. The second-order valence-corrected chi connectivity index (χ2v) is 4.74. The summed E-state index contributed by atoms with van der Waals surface area (Å²) < 4.78 is 0. The molecule has 0 N–H and O–H groups in total. The van der Waals surface area contributed by atoms with Crippen molar-refractivity contribution >= 4 is 0 Å². The summed E-state index contributed by atoms with van der Waals surface area (Å²) in [6.45, 7) is 11.0. The summed E-state index contributed by atoms with van der Waals surface area (Å²) in [6, 6.07) is 0. The van der Waals surface area contributed by atoms with Crippen LogP contribution in [0, 0.1) is 30.6 Å². The van der Waals surface area contributed by atoms with Gasteiger partial charge in [-0.05, 0) is 5.41 Å². The van der Waals surface area contributed by atoms with E-state index in [9.17, 15) is 0 Å². The zero-order chi connectivity index (χ0) is 8.48. The second kappa shape index (κ2) is 10.3. The Morgan fingerprint density at radius 2 is 1.71 bits per heavy atom. The van der Waals surface area contributed by atoms with E-state index >= 15 is 0 Å². The zero-order valence-corrected chi connectivity index (χ0v) is 18.3. The molecule has 75 valence electrons. The van der Waals surface area contributed by atoms with Crippen molar-refractivity contribution in [3.05, 3.63) is 13.3 Å². The van der Waals surface area contributed by atoms with Gasteiger partial charge in [-0.2, -0.15) is 12.3 Å². The third-order valence-electron chi connectivity index (χ3n) is 2.91. The van der Waals surface area contributed by atoms with Crippen LogP contribution in [-0.2, 0) is 98.1 Å². The van der Waals surface area contributed by atoms with Gasteiger partial charge in [-0.3, -0.25) is 0 Å². The van der Waals surface area contributed by atoms with Gasteiger partial charge < -0.3 is 13.3 Å². The van der Waals surface area contributed by atoms with E-state index in [1.807, 2.05) is 0 Å². The van der Waals surface area contributed by atoms with Crippen molar-refractivity contribution in [3.63, 3.8) is 0 Å². The summed E-state index contributed by atoms with van der Waals surface area (Å²) >= 11 is 0. The third-order valence-corrected chi connectivity index (χ3v) is 2.91. The molecular weight excluding hydrogens is 399 g/mol. The molecule has 2 unspecified atom stereocenters. The minimum absolute atomic E-state index is 0. The van der Waals surface area contributed by atoms with Gasteiger partial charge in [0.15, 0.2) is 0 Å². The molecule has 0 heterocycles. The Labute approximate surface area is 166 Å². The van der Waals surface area contributed by atoms with Crippen LogP contribution in [0.25, 0.3) is 0 Å². The normalized spacial score (nSPS) is 25.7. The molecule has 1 aliphatic carbocycles. The average Bonchev–Trinajstić information content (AvgIpc) is 2.31. The van der Waals surface area contributed by atoms with Crippen molar-refractivity contribution in [2.24, 2.45) is 17.3 Å². The first-order chi connectivity index (χ1) is 5.05. The molecule has 0 aromatic heterocycles. The summed E-state index contributed by atoms with van der Waals surface area (Å²) in [5.41, 5.74) is 0.482. The van der Waals surface area contributed by atoms with Crippen LogP contribution in [0.4, 0.5) is 0 Å². The van der Waals surface area contributed by atoms with E-state index in [1.165, 1.54) is 12.8 Å². The summed E-state index contributed by atoms with van der Waals surface area (Å²) in [7, 11) is 0. The van der Waals surface area contributed by atoms with Gasteiger partial charge in [0.1, 0.15) is 0 Å². The van der Waals surface area contributed by atoms with Crippen molar-refractivity contribution in [2.45, 2.75) is 40.0 Å². The van der Waals surface area contributed by atoms with Gasteiger partial charge in [-0.1, -0.05) is 33.1 Å². The Morgan fingerprint density at radius 1 is 1.21 bits per heavy atom. The molecule has 1 aliphatic rings. The van der Waals surface area contributed by atoms with Crippen LogP contribution < -0.4 is 0 Å². The topological polar surface area (TPSA) is 0 Å². The van der Waals surface area contributed by atoms with Crippen molar-refractivity contribution in [1.29, 1.82) is 0 Å². The number of hydrogen-bond donors (Lipinski definition) is 0. The van der Waals surface area contributed by atoms with E-state index in [2.05, 4.69) is 34.1 Å². The maximum atomic E-state index is 4.00. The predicted octanol–water partition coefficient (Wildman–Crippen LogP) is 3.48. The molecule has 0 spiro atoms. The molecule has 0 nitrogen and oxygen atoms in total. The number of rotatable bonds is 1. The molecule has 0 amide bonds. The van der Waals surface area contributed by atoms with Crippen molar-refractivity contribution in [2.75, 3.05) is 0 Å². The first-order valence-electron chi connectivity index (χ1n) is 4.68. The largest absolute Gasteiger partial charge is 0.345 e. The molecule has 14 heavy (non-hydrogen) atoms. The van der Waals surface area contributed by atoms with Crippen LogP contribution >= 0.6 is 0 Å². The van der Waals surface area contributed by atoms with Crippen LogP contribution in [0.1, 0.15) is 40.0 Å². The summed E-state index contributed by atoms with van der Waals surface area (Å²) in [5.74, 6) is 1.66. The Bertz CT molecular complexity index is 129. The fourth-order valence-corrected chi connectivity index (χ4v) is 2.26. The van der Waals surface area contributed by atoms with Gasteiger partial charge in [0.2, 0.25) is 0 Å². The molecule has 0 bridgehead atoms. The molecular formula is C11H20Y3-2. The van der Waals surface area contributed by atoms with E-state index in [4.69, 9.17) is 0 Å². The smallest absolute Gasteiger partial charge is 0 e. The summed E-state index contributed by atoms with van der Waals surface area (Å²) in [6.07, 6.45) is 6.23. The molecule has 1 rings (SSSR count). The molecule has 3 radical (unpaired) electrons. The van der Waals surface area contributed by atoms with E-state index in [-0.39, 0.29) is 98.1 Å². The molecule has 0 saturated heterocycles. The van der Waals surface area contributed by atoms with Crippen LogP contribution in [0.5, 0.6) is 0 Å². The van der Waals surface area contributed by atoms with Crippen molar-refractivity contribution in [3.8, 4) is 0 Å². The standard InChI is InChI=1S/C11H20.3Y/c1-5-9-7-6-8-10(9)11(2,3)4;;;/h7,9-10H,1,5-6,8H2,2-4H3;;;/q-2;;;. The Hall–Kier alpha value is 3.31. The van der Waals surface area contributed by atoms with Gasteiger partial charge in [0.05, 0.1) is 0 Å². The van der Waals surface area contributed by atoms with E-state index in [0.717, 1.165) is 18.3 Å². The Balaban J connectivity index is -0.000000403. The molecule has 1 saturated carbocycles. The SMILES string of the molecule is [CH2-]CC1[CH-]CCC1C(C)(C)C.[Y].[Y].[Y]. The maximum Gasteiger partial charge on any atom is 0 e. The van der Waals surface area contributed by atoms with Gasteiger partial charge >= 0.3 is 0 Å². The molecule has 0 aliphatic heterocycles. The fraction of sp³-hybridized carbons (Fsp3) is 0.818. The van der Waals surface area contributed by atoms with Crippen LogP contribution in [-0.4, -0.2) is 0 Å². The maximum absolute atomic E-state index is 4.00. The fourth-order valence-electron chi connectivity index (χ4n) is 2.26. The third kappa shape index (κ3) is 6.91. The molecule has 0 aromatic rings. The monoisotopic (exact) mass is 419 g/mol. The molecule has 0 aromatic carbocycles. The van der Waals surface area contributed by atoms with Gasteiger partial charge in [-0.15, -0.1) is 0 Å². The van der Waals surface area contributed by atoms with Crippen molar-refractivity contribution in [1.82, 2.24) is 0 Å². The minimum Gasteiger partial charge on any atom is -0.345 e. The summed E-state index contributed by atoms with van der Waals surface area (Å²) in [5, 5.41) is 0. The van der Waals surface area contributed by atoms with Crippen LogP contribution in [0.15, 0.2) is 0 Å². The van der Waals surface area contributed by atoms with Gasteiger partial charge in [-0.25, -0.2) is 6.42 Å². The zero-order valence-electron chi connectivity index (χ0n) is 9.79. The first-order valence-corrected chi connectivity index (χ1v) is 4.68. The molecule has 3 heteroatoms. The van der Waals surface area contributed by atoms with E-state index < -0.39 is 0 Å². The average molecular weight is 419 g/mol. The van der Waals surface area contributed by atoms with Gasteiger partial charge in [0, 0.05) is 98.1 Å². The quantitative estimate of drug-likeness (QED) is 0.572. The first kappa shape index (κ1) is 22.5. The van der Waals surface area contributed by atoms with Crippen LogP contribution in [0.3, 0.4) is 0 Å². The Kier molecular flexibility index (Phi) is 16.5. The van der Waals surface area contributed by atoms with Crippen molar-refractivity contribution < 1.29 is 98.1 Å². The van der Waals surface area contributed by atoms with E-state index in [1.54, 1.807) is 0 Å². The predicted molar refractivity (Wildman–Crippen MR) is 49.9 cm³/mol. The second-order valence-electron chi connectivity index (χ2n) is 4.74.